The molecule has 0 aliphatic carbocycles. The van der Waals surface area contributed by atoms with E-state index in [2.05, 4.69) is 5.32 Å². The number of aliphatic hydroxyl groups excluding tert-OH is 4. The summed E-state index contributed by atoms with van der Waals surface area (Å²) in [6.45, 7) is 3.78. The van der Waals surface area contributed by atoms with Crippen molar-refractivity contribution in [3.63, 3.8) is 0 Å². The number of carboxylic acid groups (broad SMARTS) is 1. The van der Waals surface area contributed by atoms with Crippen molar-refractivity contribution in [2.45, 2.75) is 75.0 Å². The van der Waals surface area contributed by atoms with Crippen molar-refractivity contribution in [1.29, 1.82) is 0 Å². The highest BCUT2D eigenvalue weighted by Gasteiger charge is 2.68. The number of carbonyl (C=O) groups is 2. The van der Waals surface area contributed by atoms with E-state index in [0.717, 1.165) is 16.9 Å². The van der Waals surface area contributed by atoms with Gasteiger partial charge in [0.05, 0.1) is 19.3 Å². The molecule has 0 saturated carbocycles. The maximum atomic E-state index is 10.8. The van der Waals surface area contributed by atoms with Gasteiger partial charge in [-0.3, -0.25) is 4.79 Å². The lowest BCUT2D eigenvalue weighted by molar-refractivity contribution is -0.336. The van der Waals surface area contributed by atoms with Crippen LogP contribution < -0.4 is 10.1 Å². The van der Waals surface area contributed by atoms with Crippen LogP contribution in [-0.2, 0) is 31.3 Å². The number of aliphatic hydroxyl groups is 4. The van der Waals surface area contributed by atoms with Gasteiger partial charge in [0.2, 0.25) is 11.7 Å². The smallest absolute Gasteiger partial charge is 0.326 e. The molecule has 1 unspecified atom stereocenters. The number of amides is 1. The maximum absolute atomic E-state index is 10.8. The Labute approximate surface area is 236 Å². The number of fused-ring (bicyclic) bond motifs is 2. The first-order valence-corrected chi connectivity index (χ1v) is 13.4. The highest BCUT2D eigenvalue weighted by atomic mass is 35.5. The topological polar surface area (TPSA) is 175 Å². The van der Waals surface area contributed by atoms with Crippen LogP contribution in [0.5, 0.6) is 5.75 Å². The lowest BCUT2D eigenvalue weighted by Gasteiger charge is -2.47. The van der Waals surface area contributed by atoms with Gasteiger partial charge < -0.3 is 45.1 Å². The Kier molecular flexibility index (Phi) is 9.05. The number of hydrogen-bond donors (Lipinski definition) is 6. The van der Waals surface area contributed by atoms with Crippen molar-refractivity contribution in [2.24, 2.45) is 0 Å². The summed E-state index contributed by atoms with van der Waals surface area (Å²) in [4.78, 5) is 20.5. The molecule has 6 N–H and O–H groups in total. The van der Waals surface area contributed by atoms with Gasteiger partial charge in [0.1, 0.15) is 35.7 Å². The van der Waals surface area contributed by atoms with Crippen LogP contribution in [0.2, 0.25) is 5.02 Å². The molecule has 0 spiro atoms. The summed E-state index contributed by atoms with van der Waals surface area (Å²) >= 11 is 6.43. The quantitative estimate of drug-likeness (QED) is 0.278. The van der Waals surface area contributed by atoms with Gasteiger partial charge >= 0.3 is 5.97 Å². The molecule has 12 heteroatoms. The molecular weight excluding hydrogens is 546 g/mol. The van der Waals surface area contributed by atoms with E-state index in [0.29, 0.717) is 36.5 Å². The van der Waals surface area contributed by atoms with Crippen LogP contribution in [0.15, 0.2) is 42.5 Å². The summed E-state index contributed by atoms with van der Waals surface area (Å²) in [6.07, 6.45) is -4.48. The van der Waals surface area contributed by atoms with Crippen molar-refractivity contribution < 1.29 is 49.3 Å². The van der Waals surface area contributed by atoms with E-state index in [-0.39, 0.29) is 12.5 Å². The minimum Gasteiger partial charge on any atom is -0.494 e. The summed E-state index contributed by atoms with van der Waals surface area (Å²) in [6, 6.07) is 12.1. The monoisotopic (exact) mass is 579 g/mol. The van der Waals surface area contributed by atoms with E-state index >= 15 is 0 Å². The minimum atomic E-state index is -1.73. The minimum absolute atomic E-state index is 0.164. The Balaban J connectivity index is 0.000000350. The SMILES string of the molecule is CCOc1ccc(Cc2cc([C@]34OC[C@]([C@@H](C)O)(O3)C(O)[C@H](O)[C@H]4O)ccc2Cl)cc1.O=C1CC[C@@H](C(=O)O)N1. The molecule has 7 atom stereocenters. The molecule has 1 amide bonds. The van der Waals surface area contributed by atoms with Gasteiger partial charge in [0, 0.05) is 17.0 Å². The first kappa shape index (κ1) is 30.2. The summed E-state index contributed by atoms with van der Waals surface area (Å²) in [5, 5.41) is 53.1. The first-order valence-electron chi connectivity index (χ1n) is 13.0. The van der Waals surface area contributed by atoms with E-state index in [9.17, 15) is 30.0 Å². The fourth-order valence-corrected chi connectivity index (χ4v) is 5.31. The fourth-order valence-electron chi connectivity index (χ4n) is 5.12. The average molecular weight is 580 g/mol. The summed E-state index contributed by atoms with van der Waals surface area (Å²) in [5.74, 6) is -2.05. The van der Waals surface area contributed by atoms with Gasteiger partial charge in [0.15, 0.2) is 0 Å². The van der Waals surface area contributed by atoms with E-state index in [1.54, 1.807) is 18.2 Å². The molecule has 11 nitrogen and oxygen atoms in total. The zero-order valence-electron chi connectivity index (χ0n) is 22.1. The lowest BCUT2D eigenvalue weighted by atomic mass is 9.81. The Morgan fingerprint density at radius 3 is 2.42 bits per heavy atom. The highest BCUT2D eigenvalue weighted by Crippen LogP contribution is 2.51. The van der Waals surface area contributed by atoms with E-state index < -0.39 is 47.8 Å². The predicted molar refractivity (Wildman–Crippen MR) is 142 cm³/mol. The number of carboxylic acids is 1. The second kappa shape index (κ2) is 12.0. The molecule has 0 aromatic heterocycles. The van der Waals surface area contributed by atoms with Gasteiger partial charge in [-0.1, -0.05) is 29.8 Å². The van der Waals surface area contributed by atoms with Crippen LogP contribution in [0.25, 0.3) is 0 Å². The zero-order valence-corrected chi connectivity index (χ0v) is 22.9. The van der Waals surface area contributed by atoms with Gasteiger partial charge in [0.25, 0.3) is 0 Å². The van der Waals surface area contributed by atoms with Crippen molar-refractivity contribution in [3.05, 3.63) is 64.2 Å². The van der Waals surface area contributed by atoms with Crippen molar-refractivity contribution in [3.8, 4) is 5.75 Å². The van der Waals surface area contributed by atoms with Crippen LogP contribution in [0.1, 0.15) is 43.4 Å². The molecule has 0 radical (unpaired) electrons. The summed E-state index contributed by atoms with van der Waals surface area (Å²) in [5.41, 5.74) is 0.672. The third-order valence-electron chi connectivity index (χ3n) is 7.47. The normalized spacial score (nSPS) is 31.6. The fraction of sp³-hybridized carbons (Fsp3) is 0.500. The van der Waals surface area contributed by atoms with E-state index in [4.69, 9.17) is 30.9 Å². The molecule has 3 saturated heterocycles. The Hall–Kier alpha value is -2.77. The highest BCUT2D eigenvalue weighted by molar-refractivity contribution is 6.31. The average Bonchev–Trinajstić information content (AvgIpc) is 3.54. The third kappa shape index (κ3) is 5.68. The first-order chi connectivity index (χ1) is 18.9. The molecule has 2 aromatic rings. The van der Waals surface area contributed by atoms with Crippen molar-refractivity contribution in [1.82, 2.24) is 5.32 Å². The lowest BCUT2D eigenvalue weighted by Crippen LogP contribution is -2.67. The van der Waals surface area contributed by atoms with E-state index in [1.807, 2.05) is 31.2 Å². The number of aliphatic carboxylic acids is 1. The van der Waals surface area contributed by atoms with Crippen LogP contribution in [0, 0.1) is 0 Å². The van der Waals surface area contributed by atoms with Gasteiger partial charge in [-0.25, -0.2) is 4.79 Å². The molecule has 3 fully saturated rings. The Morgan fingerprint density at radius 2 is 1.88 bits per heavy atom. The molecule has 3 heterocycles. The van der Waals surface area contributed by atoms with Crippen LogP contribution in [-0.4, -0.2) is 86.7 Å². The molecule has 5 rings (SSSR count). The van der Waals surface area contributed by atoms with Crippen molar-refractivity contribution in [2.75, 3.05) is 13.2 Å². The third-order valence-corrected chi connectivity index (χ3v) is 7.84. The Morgan fingerprint density at radius 1 is 1.18 bits per heavy atom. The number of hydrogen-bond acceptors (Lipinski definition) is 9. The number of nitrogens with one attached hydrogen (secondary N) is 1. The van der Waals surface area contributed by atoms with E-state index in [1.165, 1.54) is 6.92 Å². The summed E-state index contributed by atoms with van der Waals surface area (Å²) in [7, 11) is 0. The van der Waals surface area contributed by atoms with Crippen LogP contribution in [0.3, 0.4) is 0 Å². The number of benzene rings is 2. The summed E-state index contributed by atoms with van der Waals surface area (Å²) < 4.78 is 17.3. The molecule has 2 bridgehead atoms. The molecule has 40 heavy (non-hydrogen) atoms. The number of halogens is 1. The molecule has 3 aliphatic rings. The standard InChI is InChI=1S/C23H27ClO7.C5H7NO3/c1-3-29-17-7-4-14(5-8-17)10-15-11-16(6-9-18(15)24)23-21(28)19(26)20(27)22(31-23,12-30-23)13(2)25;7-4-2-1-3(6-4)5(8)9/h4-9,11,13,19-21,25-28H,3,10,12H2,1-2H3;3H,1-2H2,(H,6,7)(H,8,9)/t13-,19+,20?,21-,22-,23+;3-/m10/s1. The van der Waals surface area contributed by atoms with Crippen LogP contribution >= 0.6 is 11.6 Å². The Bertz CT molecular complexity index is 1220. The van der Waals surface area contributed by atoms with Gasteiger partial charge in [-0.2, -0.15) is 0 Å². The number of ether oxygens (including phenoxy) is 3. The molecular formula is C28H34ClNO10. The predicted octanol–water partition coefficient (Wildman–Crippen LogP) is 1.09. The zero-order chi connectivity index (χ0) is 29.2. The second-order valence-corrected chi connectivity index (χ2v) is 10.5. The second-order valence-electron chi connectivity index (χ2n) is 10.1. The number of rotatable bonds is 7. The van der Waals surface area contributed by atoms with Gasteiger partial charge in [-0.15, -0.1) is 0 Å². The maximum Gasteiger partial charge on any atom is 0.326 e. The van der Waals surface area contributed by atoms with Crippen LogP contribution in [0.4, 0.5) is 0 Å². The molecule has 3 aliphatic heterocycles. The largest absolute Gasteiger partial charge is 0.494 e. The van der Waals surface area contributed by atoms with Crippen molar-refractivity contribution >= 4 is 23.5 Å². The molecule has 218 valence electrons. The van der Waals surface area contributed by atoms with Gasteiger partial charge in [-0.05, 0) is 62.1 Å². The molecule has 2 aromatic carbocycles. The number of carbonyl (C=O) groups excluding carboxylic acids is 1.